The van der Waals surface area contributed by atoms with E-state index in [4.69, 9.17) is 0 Å². The molecule has 0 radical (unpaired) electrons. The van der Waals surface area contributed by atoms with Crippen LogP contribution in [-0.4, -0.2) is 35.6 Å². The Hall–Kier alpha value is -1.10. The minimum Gasteiger partial charge on any atom is -0.480 e. The number of carboxylic acids is 1. The van der Waals surface area contributed by atoms with Crippen molar-refractivity contribution >= 4 is 11.9 Å². The zero-order chi connectivity index (χ0) is 14.5. The molecule has 5 heteroatoms. The monoisotopic (exact) mass is 282 g/mol. The largest absolute Gasteiger partial charge is 0.480 e. The number of amides is 1. The van der Waals surface area contributed by atoms with Gasteiger partial charge in [0.25, 0.3) is 0 Å². The molecule has 1 saturated carbocycles. The molecule has 0 bridgehead atoms. The van der Waals surface area contributed by atoms with Crippen molar-refractivity contribution in [2.75, 3.05) is 6.54 Å². The van der Waals surface area contributed by atoms with E-state index in [1.807, 2.05) is 0 Å². The molecule has 1 aliphatic carbocycles. The molecule has 1 heterocycles. The van der Waals surface area contributed by atoms with Crippen LogP contribution in [0.15, 0.2) is 0 Å². The lowest BCUT2D eigenvalue weighted by atomic mass is 9.83. The molecule has 2 fully saturated rings. The number of aliphatic carboxylic acids is 1. The quantitative estimate of drug-likeness (QED) is 0.730. The first-order valence-corrected chi connectivity index (χ1v) is 7.84. The minimum absolute atomic E-state index is 0.0891. The Labute approximate surface area is 120 Å². The summed E-state index contributed by atoms with van der Waals surface area (Å²) in [5, 5.41) is 15.4. The number of carboxylic acid groups (broad SMARTS) is 1. The molecule has 3 N–H and O–H groups in total. The molecular weight excluding hydrogens is 256 g/mol. The molecule has 0 spiro atoms. The molecule has 2 aliphatic rings. The maximum Gasteiger partial charge on any atom is 0.326 e. The topological polar surface area (TPSA) is 78.4 Å². The molecule has 0 aromatic heterocycles. The van der Waals surface area contributed by atoms with Gasteiger partial charge in [0.05, 0.1) is 6.04 Å². The highest BCUT2D eigenvalue weighted by Crippen LogP contribution is 2.27. The van der Waals surface area contributed by atoms with Gasteiger partial charge in [-0.25, -0.2) is 4.79 Å². The Morgan fingerprint density at radius 3 is 2.50 bits per heavy atom. The van der Waals surface area contributed by atoms with Crippen molar-refractivity contribution in [2.45, 2.75) is 64.0 Å². The second kappa shape index (κ2) is 7.07. The van der Waals surface area contributed by atoms with Crippen LogP contribution >= 0.6 is 0 Å². The van der Waals surface area contributed by atoms with E-state index in [9.17, 15) is 14.7 Å². The average molecular weight is 282 g/mol. The number of piperidine rings is 1. The minimum atomic E-state index is -0.894. The molecule has 114 valence electrons. The zero-order valence-corrected chi connectivity index (χ0v) is 12.2. The van der Waals surface area contributed by atoms with Crippen LogP contribution in [0.2, 0.25) is 0 Å². The van der Waals surface area contributed by atoms with Crippen LogP contribution < -0.4 is 10.6 Å². The second-order valence-corrected chi connectivity index (χ2v) is 6.36. The van der Waals surface area contributed by atoms with E-state index < -0.39 is 12.0 Å². The fourth-order valence-electron chi connectivity index (χ4n) is 3.41. The number of carbonyl (C=O) groups excluding carboxylic acids is 1. The number of hydrogen-bond acceptors (Lipinski definition) is 3. The summed E-state index contributed by atoms with van der Waals surface area (Å²) < 4.78 is 0. The summed E-state index contributed by atoms with van der Waals surface area (Å²) in [5.41, 5.74) is 0. The van der Waals surface area contributed by atoms with Crippen molar-refractivity contribution in [2.24, 2.45) is 11.8 Å². The molecule has 0 aromatic rings. The van der Waals surface area contributed by atoms with Crippen molar-refractivity contribution < 1.29 is 14.7 Å². The Morgan fingerprint density at radius 1 is 1.20 bits per heavy atom. The summed E-state index contributed by atoms with van der Waals surface area (Å²) >= 11 is 0. The van der Waals surface area contributed by atoms with E-state index in [0.29, 0.717) is 5.92 Å². The highest BCUT2D eigenvalue weighted by molar-refractivity contribution is 5.87. The van der Waals surface area contributed by atoms with Gasteiger partial charge < -0.3 is 15.7 Å². The lowest BCUT2D eigenvalue weighted by molar-refractivity contribution is -0.144. The molecule has 3 unspecified atom stereocenters. The lowest BCUT2D eigenvalue weighted by Crippen LogP contribution is -2.54. The van der Waals surface area contributed by atoms with E-state index in [2.05, 4.69) is 17.6 Å². The fourth-order valence-corrected chi connectivity index (χ4v) is 3.41. The van der Waals surface area contributed by atoms with Crippen molar-refractivity contribution in [3.05, 3.63) is 0 Å². The maximum absolute atomic E-state index is 12.3. The van der Waals surface area contributed by atoms with Gasteiger partial charge in [-0.3, -0.25) is 4.79 Å². The molecule has 1 amide bonds. The van der Waals surface area contributed by atoms with E-state index in [-0.39, 0.29) is 17.9 Å². The van der Waals surface area contributed by atoms with Crippen LogP contribution in [0, 0.1) is 11.8 Å². The predicted molar refractivity (Wildman–Crippen MR) is 76.3 cm³/mol. The average Bonchev–Trinajstić information content (AvgIpc) is 2.45. The standard InChI is InChI=1S/C15H26N2O3/c1-10-7-8-16-12(9-10)14(18)17-13(15(19)20)11-5-3-2-4-6-11/h10-13,16H,2-9H2,1H3,(H,17,18)(H,19,20). The van der Waals surface area contributed by atoms with Gasteiger partial charge in [-0.15, -0.1) is 0 Å². The van der Waals surface area contributed by atoms with E-state index in [0.717, 1.165) is 45.1 Å². The first-order valence-electron chi connectivity index (χ1n) is 7.84. The van der Waals surface area contributed by atoms with Crippen molar-refractivity contribution in [1.29, 1.82) is 0 Å². The van der Waals surface area contributed by atoms with Gasteiger partial charge in [0.1, 0.15) is 6.04 Å². The van der Waals surface area contributed by atoms with E-state index in [1.54, 1.807) is 0 Å². The molecule has 20 heavy (non-hydrogen) atoms. The number of hydrogen-bond donors (Lipinski definition) is 3. The zero-order valence-electron chi connectivity index (χ0n) is 12.2. The van der Waals surface area contributed by atoms with Crippen LogP contribution in [0.3, 0.4) is 0 Å². The molecule has 3 atom stereocenters. The van der Waals surface area contributed by atoms with Crippen molar-refractivity contribution in [3.8, 4) is 0 Å². The third-order valence-corrected chi connectivity index (χ3v) is 4.67. The van der Waals surface area contributed by atoms with Gasteiger partial charge in [0, 0.05) is 0 Å². The summed E-state index contributed by atoms with van der Waals surface area (Å²) in [6.07, 6.45) is 7.01. The van der Waals surface area contributed by atoms with Crippen LogP contribution in [0.25, 0.3) is 0 Å². The van der Waals surface area contributed by atoms with Gasteiger partial charge in [-0.2, -0.15) is 0 Å². The van der Waals surface area contributed by atoms with Gasteiger partial charge in [0.2, 0.25) is 5.91 Å². The van der Waals surface area contributed by atoms with Crippen LogP contribution in [0.1, 0.15) is 51.9 Å². The smallest absolute Gasteiger partial charge is 0.326 e. The Bertz CT molecular complexity index is 353. The van der Waals surface area contributed by atoms with E-state index >= 15 is 0 Å². The van der Waals surface area contributed by atoms with Crippen molar-refractivity contribution in [3.63, 3.8) is 0 Å². The summed E-state index contributed by atoms with van der Waals surface area (Å²) in [5.74, 6) is -0.431. The highest BCUT2D eigenvalue weighted by atomic mass is 16.4. The van der Waals surface area contributed by atoms with Crippen LogP contribution in [0.5, 0.6) is 0 Å². The van der Waals surface area contributed by atoms with Gasteiger partial charge in [0.15, 0.2) is 0 Å². The number of nitrogens with one attached hydrogen (secondary N) is 2. The Balaban J connectivity index is 1.93. The molecule has 0 aromatic carbocycles. The molecule has 5 nitrogen and oxygen atoms in total. The third kappa shape index (κ3) is 3.95. The second-order valence-electron chi connectivity index (χ2n) is 6.36. The Morgan fingerprint density at radius 2 is 1.90 bits per heavy atom. The summed E-state index contributed by atoms with van der Waals surface area (Å²) in [4.78, 5) is 23.7. The molecule has 1 saturated heterocycles. The first-order chi connectivity index (χ1) is 9.58. The number of rotatable bonds is 4. The van der Waals surface area contributed by atoms with Gasteiger partial charge in [-0.05, 0) is 44.1 Å². The van der Waals surface area contributed by atoms with Crippen LogP contribution in [-0.2, 0) is 9.59 Å². The summed E-state index contributed by atoms with van der Waals surface area (Å²) in [6.45, 7) is 2.97. The van der Waals surface area contributed by atoms with Crippen molar-refractivity contribution in [1.82, 2.24) is 10.6 Å². The molecule has 2 rings (SSSR count). The SMILES string of the molecule is CC1CCNC(C(=O)NC(C(=O)O)C2CCCCC2)C1. The summed E-state index contributed by atoms with van der Waals surface area (Å²) in [6, 6.07) is -0.953. The maximum atomic E-state index is 12.3. The Kier molecular flexibility index (Phi) is 5.40. The fraction of sp³-hybridized carbons (Fsp3) is 0.867. The number of carbonyl (C=O) groups is 2. The van der Waals surface area contributed by atoms with Crippen LogP contribution in [0.4, 0.5) is 0 Å². The first kappa shape index (κ1) is 15.3. The molecule has 1 aliphatic heterocycles. The molecular formula is C15H26N2O3. The lowest BCUT2D eigenvalue weighted by Gasteiger charge is -2.31. The predicted octanol–water partition coefficient (Wildman–Crippen LogP) is 1.52. The summed E-state index contributed by atoms with van der Waals surface area (Å²) in [7, 11) is 0. The third-order valence-electron chi connectivity index (χ3n) is 4.67. The van der Waals surface area contributed by atoms with Gasteiger partial charge in [-0.1, -0.05) is 26.2 Å². The van der Waals surface area contributed by atoms with E-state index in [1.165, 1.54) is 6.42 Å². The highest BCUT2D eigenvalue weighted by Gasteiger charge is 2.33. The normalized spacial score (nSPS) is 29.6. The van der Waals surface area contributed by atoms with Gasteiger partial charge >= 0.3 is 5.97 Å².